The molecule has 2 saturated carbocycles. The molecule has 0 bridgehead atoms. The van der Waals surface area contributed by atoms with Crippen molar-refractivity contribution < 1.29 is 14.6 Å². The van der Waals surface area contributed by atoms with Gasteiger partial charge in [0, 0.05) is 12.1 Å². The fourth-order valence-corrected chi connectivity index (χ4v) is 3.37. The van der Waals surface area contributed by atoms with Crippen molar-refractivity contribution >= 4 is 5.91 Å². The van der Waals surface area contributed by atoms with Crippen LogP contribution >= 0.6 is 0 Å². The number of nitrogens with one attached hydrogen (secondary N) is 1. The summed E-state index contributed by atoms with van der Waals surface area (Å²) in [4.78, 5) is 12.2. The van der Waals surface area contributed by atoms with Crippen LogP contribution in [0.1, 0.15) is 63.4 Å². The van der Waals surface area contributed by atoms with E-state index in [1.165, 1.54) is 6.42 Å². The zero-order chi connectivity index (χ0) is 16.1. The standard InChI is InChI=1S/C19H27NO3/c21-18(13-19(22)11-4-1-5-12-19)20-14-15-7-2-3-10-17(15)23-16-8-6-9-16/h2-3,7,10,16,22H,1,4-6,8-9,11-14H2,(H,20,21). The minimum absolute atomic E-state index is 0.0761. The first-order chi connectivity index (χ1) is 11.1. The van der Waals surface area contributed by atoms with Crippen molar-refractivity contribution in [3.63, 3.8) is 0 Å². The third-order valence-corrected chi connectivity index (χ3v) is 5.07. The highest BCUT2D eigenvalue weighted by molar-refractivity contribution is 5.77. The zero-order valence-corrected chi connectivity index (χ0v) is 13.7. The van der Waals surface area contributed by atoms with Gasteiger partial charge in [0.25, 0.3) is 0 Å². The summed E-state index contributed by atoms with van der Waals surface area (Å²) in [5.41, 5.74) is 0.202. The zero-order valence-electron chi connectivity index (χ0n) is 13.7. The molecule has 126 valence electrons. The number of amides is 1. The first kappa shape index (κ1) is 16.3. The van der Waals surface area contributed by atoms with Crippen LogP contribution in [0.4, 0.5) is 0 Å². The van der Waals surface area contributed by atoms with E-state index in [9.17, 15) is 9.90 Å². The van der Waals surface area contributed by atoms with Gasteiger partial charge in [0.15, 0.2) is 0 Å². The molecule has 3 rings (SSSR count). The number of hydrogen-bond acceptors (Lipinski definition) is 3. The SMILES string of the molecule is O=C(CC1(O)CCCCC1)NCc1ccccc1OC1CCC1. The average Bonchev–Trinajstić information content (AvgIpc) is 2.50. The number of ether oxygens (including phenoxy) is 1. The monoisotopic (exact) mass is 317 g/mol. The van der Waals surface area contributed by atoms with Crippen molar-refractivity contribution in [2.24, 2.45) is 0 Å². The Morgan fingerprint density at radius 1 is 1.17 bits per heavy atom. The van der Waals surface area contributed by atoms with Crippen LogP contribution in [0.5, 0.6) is 5.75 Å². The van der Waals surface area contributed by atoms with E-state index in [0.29, 0.717) is 12.6 Å². The fraction of sp³-hybridized carbons (Fsp3) is 0.632. The van der Waals surface area contributed by atoms with Crippen molar-refractivity contribution in [2.75, 3.05) is 0 Å². The van der Waals surface area contributed by atoms with Gasteiger partial charge in [-0.05, 0) is 38.2 Å². The molecular weight excluding hydrogens is 290 g/mol. The molecule has 2 N–H and O–H groups in total. The number of carbonyl (C=O) groups excluding carboxylic acids is 1. The number of rotatable bonds is 6. The maximum absolute atomic E-state index is 12.2. The lowest BCUT2D eigenvalue weighted by molar-refractivity contribution is -0.127. The van der Waals surface area contributed by atoms with Gasteiger partial charge < -0.3 is 15.2 Å². The highest BCUT2D eigenvalue weighted by Crippen LogP contribution is 2.31. The Morgan fingerprint density at radius 3 is 2.61 bits per heavy atom. The minimum atomic E-state index is -0.801. The van der Waals surface area contributed by atoms with E-state index in [4.69, 9.17) is 4.74 Å². The molecule has 1 aromatic rings. The van der Waals surface area contributed by atoms with Crippen LogP contribution < -0.4 is 10.1 Å². The lowest BCUT2D eigenvalue weighted by atomic mass is 9.82. The molecule has 23 heavy (non-hydrogen) atoms. The summed E-state index contributed by atoms with van der Waals surface area (Å²) in [7, 11) is 0. The van der Waals surface area contributed by atoms with Gasteiger partial charge in [0.1, 0.15) is 5.75 Å². The second-order valence-electron chi connectivity index (χ2n) is 7.02. The van der Waals surface area contributed by atoms with E-state index in [0.717, 1.165) is 56.3 Å². The summed E-state index contributed by atoms with van der Waals surface area (Å²) in [6.07, 6.45) is 8.68. The Balaban J connectivity index is 1.52. The second-order valence-corrected chi connectivity index (χ2v) is 7.02. The number of benzene rings is 1. The molecule has 0 aliphatic heterocycles. The summed E-state index contributed by atoms with van der Waals surface area (Å²) in [5.74, 6) is 0.793. The molecule has 0 spiro atoms. The third-order valence-electron chi connectivity index (χ3n) is 5.07. The lowest BCUT2D eigenvalue weighted by Crippen LogP contribution is -2.38. The number of hydrogen-bond donors (Lipinski definition) is 2. The maximum atomic E-state index is 12.2. The molecule has 0 aromatic heterocycles. The summed E-state index contributed by atoms with van der Waals surface area (Å²) >= 11 is 0. The smallest absolute Gasteiger partial charge is 0.223 e. The highest BCUT2D eigenvalue weighted by atomic mass is 16.5. The minimum Gasteiger partial charge on any atom is -0.490 e. The molecule has 1 amide bonds. The molecule has 0 atom stereocenters. The molecule has 2 fully saturated rings. The Labute approximate surface area is 138 Å². The van der Waals surface area contributed by atoms with E-state index >= 15 is 0 Å². The van der Waals surface area contributed by atoms with Gasteiger partial charge >= 0.3 is 0 Å². The third kappa shape index (κ3) is 4.47. The van der Waals surface area contributed by atoms with Crippen molar-refractivity contribution in [3.8, 4) is 5.75 Å². The average molecular weight is 317 g/mol. The van der Waals surface area contributed by atoms with Gasteiger partial charge in [0.2, 0.25) is 5.91 Å². The normalized spacial score (nSPS) is 20.6. The van der Waals surface area contributed by atoms with Crippen LogP contribution in [0, 0.1) is 0 Å². The highest BCUT2D eigenvalue weighted by Gasteiger charge is 2.31. The summed E-state index contributed by atoms with van der Waals surface area (Å²) in [6.45, 7) is 0.456. The van der Waals surface area contributed by atoms with Crippen molar-refractivity contribution in [3.05, 3.63) is 29.8 Å². The van der Waals surface area contributed by atoms with Gasteiger partial charge in [-0.1, -0.05) is 37.5 Å². The number of carbonyl (C=O) groups is 1. The topological polar surface area (TPSA) is 58.6 Å². The van der Waals surface area contributed by atoms with Crippen LogP contribution in [0.25, 0.3) is 0 Å². The first-order valence-corrected chi connectivity index (χ1v) is 8.88. The Hall–Kier alpha value is -1.55. The largest absolute Gasteiger partial charge is 0.490 e. The van der Waals surface area contributed by atoms with Crippen LogP contribution in [0.2, 0.25) is 0 Å². The molecule has 1 aromatic carbocycles. The van der Waals surface area contributed by atoms with E-state index in [1.54, 1.807) is 0 Å². The number of aliphatic hydroxyl groups is 1. The Morgan fingerprint density at radius 2 is 1.91 bits per heavy atom. The van der Waals surface area contributed by atoms with Crippen LogP contribution in [-0.2, 0) is 11.3 Å². The molecule has 4 nitrogen and oxygen atoms in total. The molecule has 0 saturated heterocycles. The summed E-state index contributed by atoms with van der Waals surface area (Å²) < 4.78 is 5.98. The van der Waals surface area contributed by atoms with Gasteiger partial charge in [-0.3, -0.25) is 4.79 Å². The van der Waals surface area contributed by atoms with E-state index in [-0.39, 0.29) is 12.3 Å². The molecule has 0 heterocycles. The predicted octanol–water partition coefficient (Wildman–Crippen LogP) is 3.32. The Bertz CT molecular complexity index is 533. The molecule has 4 heteroatoms. The van der Waals surface area contributed by atoms with Crippen molar-refractivity contribution in [2.45, 2.75) is 76.0 Å². The quantitative estimate of drug-likeness (QED) is 0.846. The van der Waals surface area contributed by atoms with E-state index < -0.39 is 5.60 Å². The van der Waals surface area contributed by atoms with Gasteiger partial charge in [-0.15, -0.1) is 0 Å². The lowest BCUT2D eigenvalue weighted by Gasteiger charge is -2.31. The van der Waals surface area contributed by atoms with Crippen molar-refractivity contribution in [1.29, 1.82) is 0 Å². The Kier molecular flexibility index (Phi) is 5.21. The molecule has 0 unspecified atom stereocenters. The summed E-state index contributed by atoms with van der Waals surface area (Å²) in [5, 5.41) is 13.4. The molecule has 2 aliphatic carbocycles. The number of para-hydroxylation sites is 1. The van der Waals surface area contributed by atoms with Crippen molar-refractivity contribution in [1.82, 2.24) is 5.32 Å². The predicted molar refractivity (Wildman–Crippen MR) is 89.2 cm³/mol. The summed E-state index contributed by atoms with van der Waals surface area (Å²) in [6, 6.07) is 7.88. The first-order valence-electron chi connectivity index (χ1n) is 8.88. The van der Waals surface area contributed by atoms with Gasteiger partial charge in [-0.25, -0.2) is 0 Å². The fourth-order valence-electron chi connectivity index (χ4n) is 3.37. The van der Waals surface area contributed by atoms with Gasteiger partial charge in [-0.2, -0.15) is 0 Å². The molecule has 2 aliphatic rings. The van der Waals surface area contributed by atoms with Crippen LogP contribution in [-0.4, -0.2) is 22.7 Å². The van der Waals surface area contributed by atoms with Crippen LogP contribution in [0.3, 0.4) is 0 Å². The van der Waals surface area contributed by atoms with E-state index in [1.807, 2.05) is 24.3 Å². The maximum Gasteiger partial charge on any atom is 0.223 e. The van der Waals surface area contributed by atoms with Gasteiger partial charge in [0.05, 0.1) is 18.1 Å². The molecular formula is C19H27NO3. The molecule has 0 radical (unpaired) electrons. The van der Waals surface area contributed by atoms with E-state index in [2.05, 4.69) is 5.32 Å². The van der Waals surface area contributed by atoms with Crippen LogP contribution in [0.15, 0.2) is 24.3 Å². The second kappa shape index (κ2) is 7.35.